The lowest BCUT2D eigenvalue weighted by atomic mass is 9.86. The number of methoxy groups -OCH3 is 1. The van der Waals surface area contributed by atoms with Gasteiger partial charge in [0.15, 0.2) is 0 Å². The Kier molecular flexibility index (Phi) is 5.44. The van der Waals surface area contributed by atoms with Crippen LogP contribution < -0.4 is 10.1 Å². The van der Waals surface area contributed by atoms with Crippen LogP contribution in [0.4, 0.5) is 10.5 Å². The molecule has 1 aromatic rings. The van der Waals surface area contributed by atoms with Crippen molar-refractivity contribution >= 4 is 11.7 Å². The molecule has 2 N–H and O–H groups in total. The molecule has 0 atom stereocenters. The van der Waals surface area contributed by atoms with E-state index in [2.05, 4.69) is 5.32 Å². The summed E-state index contributed by atoms with van der Waals surface area (Å²) in [5.41, 5.74) is 0.732. The third kappa shape index (κ3) is 4.11. The van der Waals surface area contributed by atoms with E-state index in [0.717, 1.165) is 37.1 Å². The summed E-state index contributed by atoms with van der Waals surface area (Å²) in [6, 6.07) is 7.48. The molecule has 1 aliphatic rings. The van der Waals surface area contributed by atoms with Gasteiger partial charge >= 0.3 is 6.03 Å². The van der Waals surface area contributed by atoms with Gasteiger partial charge in [-0.05, 0) is 43.7 Å². The SMILES string of the molecule is COc1cccc(NC(=O)N(C)C2CCC(CO)CC2)c1. The van der Waals surface area contributed by atoms with Crippen LogP contribution in [0.15, 0.2) is 24.3 Å². The second-order valence-corrected chi connectivity index (χ2v) is 5.63. The molecule has 0 spiro atoms. The maximum absolute atomic E-state index is 12.3. The predicted molar refractivity (Wildman–Crippen MR) is 82.6 cm³/mol. The van der Waals surface area contributed by atoms with Crippen molar-refractivity contribution < 1.29 is 14.6 Å². The molecule has 1 aliphatic carbocycles. The first-order chi connectivity index (χ1) is 10.1. The second kappa shape index (κ2) is 7.31. The van der Waals surface area contributed by atoms with Gasteiger partial charge in [-0.2, -0.15) is 0 Å². The molecule has 0 unspecified atom stereocenters. The fourth-order valence-corrected chi connectivity index (χ4v) is 2.79. The maximum Gasteiger partial charge on any atom is 0.321 e. The van der Waals surface area contributed by atoms with Crippen molar-refractivity contribution in [2.75, 3.05) is 26.1 Å². The number of benzene rings is 1. The Labute approximate surface area is 125 Å². The van der Waals surface area contributed by atoms with E-state index in [1.54, 1.807) is 18.1 Å². The molecule has 1 aromatic carbocycles. The Morgan fingerprint density at radius 2 is 2.10 bits per heavy atom. The number of aliphatic hydroxyl groups is 1. The van der Waals surface area contributed by atoms with Crippen LogP contribution >= 0.6 is 0 Å². The molecule has 116 valence electrons. The van der Waals surface area contributed by atoms with Crippen LogP contribution in [0, 0.1) is 5.92 Å². The highest BCUT2D eigenvalue weighted by atomic mass is 16.5. The zero-order chi connectivity index (χ0) is 15.2. The number of hydrogen-bond acceptors (Lipinski definition) is 3. The Morgan fingerprint density at radius 1 is 1.38 bits per heavy atom. The molecule has 1 fully saturated rings. The van der Waals surface area contributed by atoms with Gasteiger partial charge in [0.05, 0.1) is 7.11 Å². The first-order valence-corrected chi connectivity index (χ1v) is 7.42. The monoisotopic (exact) mass is 292 g/mol. The summed E-state index contributed by atoms with van der Waals surface area (Å²) in [7, 11) is 3.44. The first kappa shape index (κ1) is 15.6. The van der Waals surface area contributed by atoms with Crippen LogP contribution in [0.3, 0.4) is 0 Å². The number of aliphatic hydroxyl groups excluding tert-OH is 1. The van der Waals surface area contributed by atoms with Crippen LogP contribution in [0.1, 0.15) is 25.7 Å². The van der Waals surface area contributed by atoms with E-state index in [-0.39, 0.29) is 18.7 Å². The molecule has 0 bridgehead atoms. The third-order valence-electron chi connectivity index (χ3n) is 4.26. The summed E-state index contributed by atoms with van der Waals surface area (Å²) >= 11 is 0. The molecule has 5 nitrogen and oxygen atoms in total. The van der Waals surface area contributed by atoms with E-state index < -0.39 is 0 Å². The van der Waals surface area contributed by atoms with Gasteiger partial charge in [-0.25, -0.2) is 4.79 Å². The number of urea groups is 1. The maximum atomic E-state index is 12.3. The minimum Gasteiger partial charge on any atom is -0.497 e. The standard InChI is InChI=1S/C16H24N2O3/c1-18(14-8-6-12(11-19)7-9-14)16(20)17-13-4-3-5-15(10-13)21-2/h3-5,10,12,14,19H,6-9,11H2,1-2H3,(H,17,20). The lowest BCUT2D eigenvalue weighted by Crippen LogP contribution is -2.42. The molecule has 0 radical (unpaired) electrons. The summed E-state index contributed by atoms with van der Waals surface area (Å²) in [5.74, 6) is 1.12. The van der Waals surface area contributed by atoms with E-state index >= 15 is 0 Å². The Morgan fingerprint density at radius 3 is 2.71 bits per heavy atom. The highest BCUT2D eigenvalue weighted by Crippen LogP contribution is 2.27. The normalized spacial score (nSPS) is 21.7. The zero-order valence-electron chi connectivity index (χ0n) is 12.7. The summed E-state index contributed by atoms with van der Waals surface area (Å²) < 4.78 is 5.15. The van der Waals surface area contributed by atoms with E-state index in [1.807, 2.05) is 25.2 Å². The van der Waals surface area contributed by atoms with Crippen LogP contribution in [0.2, 0.25) is 0 Å². The lowest BCUT2D eigenvalue weighted by molar-refractivity contribution is 0.139. The molecule has 0 aliphatic heterocycles. The topological polar surface area (TPSA) is 61.8 Å². The van der Waals surface area contributed by atoms with Gasteiger partial charge in [0.25, 0.3) is 0 Å². The highest BCUT2D eigenvalue weighted by Gasteiger charge is 2.26. The number of nitrogens with one attached hydrogen (secondary N) is 1. The molecule has 0 aromatic heterocycles. The molecular formula is C16H24N2O3. The average molecular weight is 292 g/mol. The molecule has 5 heteroatoms. The second-order valence-electron chi connectivity index (χ2n) is 5.63. The van der Waals surface area contributed by atoms with Gasteiger partial charge in [0, 0.05) is 31.5 Å². The molecule has 2 rings (SSSR count). The molecule has 21 heavy (non-hydrogen) atoms. The minimum atomic E-state index is -0.101. The number of carbonyl (C=O) groups excluding carboxylic acids is 1. The van der Waals surface area contributed by atoms with Gasteiger partial charge < -0.3 is 20.1 Å². The lowest BCUT2D eigenvalue weighted by Gasteiger charge is -2.34. The number of ether oxygens (including phenoxy) is 1. The Bertz CT molecular complexity index is 470. The minimum absolute atomic E-state index is 0.101. The van der Waals surface area contributed by atoms with Gasteiger partial charge in [0.2, 0.25) is 0 Å². The number of carbonyl (C=O) groups is 1. The van der Waals surface area contributed by atoms with E-state index in [1.165, 1.54) is 0 Å². The van der Waals surface area contributed by atoms with Crippen molar-refractivity contribution in [3.05, 3.63) is 24.3 Å². The van der Waals surface area contributed by atoms with Gasteiger partial charge in [-0.15, -0.1) is 0 Å². The highest BCUT2D eigenvalue weighted by molar-refractivity contribution is 5.89. The van der Waals surface area contributed by atoms with Gasteiger partial charge in [0.1, 0.15) is 5.75 Å². The van der Waals surface area contributed by atoms with E-state index in [4.69, 9.17) is 9.84 Å². The van der Waals surface area contributed by atoms with Crippen LogP contribution in [0.5, 0.6) is 5.75 Å². The molecule has 1 saturated carbocycles. The van der Waals surface area contributed by atoms with Crippen molar-refractivity contribution in [2.24, 2.45) is 5.92 Å². The van der Waals surface area contributed by atoms with Crippen LogP contribution in [0.25, 0.3) is 0 Å². The Balaban J connectivity index is 1.90. The summed E-state index contributed by atoms with van der Waals surface area (Å²) in [6.07, 6.45) is 3.87. The predicted octanol–water partition coefficient (Wildman–Crippen LogP) is 2.71. The van der Waals surface area contributed by atoms with E-state index in [0.29, 0.717) is 5.92 Å². The fourth-order valence-electron chi connectivity index (χ4n) is 2.79. The summed E-state index contributed by atoms with van der Waals surface area (Å²) in [6.45, 7) is 0.256. The van der Waals surface area contributed by atoms with Crippen molar-refractivity contribution in [2.45, 2.75) is 31.7 Å². The first-order valence-electron chi connectivity index (χ1n) is 7.42. The van der Waals surface area contributed by atoms with Crippen molar-refractivity contribution in [1.29, 1.82) is 0 Å². The van der Waals surface area contributed by atoms with Crippen molar-refractivity contribution in [3.63, 3.8) is 0 Å². The number of hydrogen-bond donors (Lipinski definition) is 2. The van der Waals surface area contributed by atoms with Gasteiger partial charge in [-0.1, -0.05) is 6.07 Å². The Hall–Kier alpha value is -1.75. The number of anilines is 1. The smallest absolute Gasteiger partial charge is 0.321 e. The van der Waals surface area contributed by atoms with Crippen LogP contribution in [-0.2, 0) is 0 Å². The van der Waals surface area contributed by atoms with E-state index in [9.17, 15) is 4.79 Å². The molecule has 0 saturated heterocycles. The molecular weight excluding hydrogens is 268 g/mol. The number of nitrogens with zero attached hydrogens (tertiary/aromatic N) is 1. The average Bonchev–Trinajstić information content (AvgIpc) is 2.54. The quantitative estimate of drug-likeness (QED) is 0.897. The number of rotatable bonds is 4. The molecule has 0 heterocycles. The summed E-state index contributed by atoms with van der Waals surface area (Å²) in [5, 5.41) is 12.1. The molecule has 2 amide bonds. The summed E-state index contributed by atoms with van der Waals surface area (Å²) in [4.78, 5) is 14.1. The van der Waals surface area contributed by atoms with Gasteiger partial charge in [-0.3, -0.25) is 0 Å². The van der Waals surface area contributed by atoms with Crippen LogP contribution in [-0.4, -0.2) is 42.8 Å². The zero-order valence-corrected chi connectivity index (χ0v) is 12.7. The largest absolute Gasteiger partial charge is 0.497 e. The third-order valence-corrected chi connectivity index (χ3v) is 4.26. The fraction of sp³-hybridized carbons (Fsp3) is 0.562. The van der Waals surface area contributed by atoms with Crippen molar-refractivity contribution in [1.82, 2.24) is 4.90 Å². The van der Waals surface area contributed by atoms with Crippen molar-refractivity contribution in [3.8, 4) is 5.75 Å². The number of amides is 2.